The van der Waals surface area contributed by atoms with E-state index in [-0.39, 0.29) is 0 Å². The number of anilines is 1. The number of nitrogens with zero attached hydrogens (tertiary/aromatic N) is 1. The summed E-state index contributed by atoms with van der Waals surface area (Å²) in [4.78, 5) is 2.91. The molecule has 1 saturated carbocycles. The predicted octanol–water partition coefficient (Wildman–Crippen LogP) is 3.71. The third-order valence-electron chi connectivity index (χ3n) is 3.25. The van der Waals surface area contributed by atoms with Crippen molar-refractivity contribution >= 4 is 38.8 Å². The van der Waals surface area contributed by atoms with Crippen molar-refractivity contribution in [3.05, 3.63) is 28.2 Å². The lowest BCUT2D eigenvalue weighted by Gasteiger charge is -2.25. The van der Waals surface area contributed by atoms with E-state index in [0.717, 1.165) is 22.5 Å². The maximum Gasteiger partial charge on any atom is 0.105 e. The Kier molecular flexibility index (Phi) is 4.62. The van der Waals surface area contributed by atoms with Crippen molar-refractivity contribution in [3.63, 3.8) is 0 Å². The van der Waals surface area contributed by atoms with Crippen molar-refractivity contribution < 1.29 is 0 Å². The van der Waals surface area contributed by atoms with E-state index in [1.54, 1.807) is 0 Å². The zero-order valence-electron chi connectivity index (χ0n) is 10.7. The number of thiocarbonyl (C=S) groups is 1. The van der Waals surface area contributed by atoms with Gasteiger partial charge in [0.25, 0.3) is 0 Å². The molecule has 0 aromatic heterocycles. The Bertz CT molecular complexity index is 443. The van der Waals surface area contributed by atoms with Gasteiger partial charge in [-0.3, -0.25) is 0 Å². The highest BCUT2D eigenvalue weighted by Crippen LogP contribution is 2.32. The van der Waals surface area contributed by atoms with Gasteiger partial charge in [-0.05, 0) is 59.3 Å². The molecule has 18 heavy (non-hydrogen) atoms. The number of nitrogens with two attached hydrogens (primary N) is 1. The Morgan fingerprint density at radius 1 is 1.50 bits per heavy atom. The second-order valence-electron chi connectivity index (χ2n) is 4.92. The molecule has 1 aliphatic rings. The molecule has 2 rings (SSSR count). The fourth-order valence-electron chi connectivity index (χ4n) is 2.11. The Balaban J connectivity index is 2.18. The fraction of sp³-hybridized carbons (Fsp3) is 0.500. The molecule has 0 unspecified atom stereocenters. The third-order valence-corrected chi connectivity index (χ3v) is 4.13. The van der Waals surface area contributed by atoms with E-state index in [4.69, 9.17) is 18.0 Å². The van der Waals surface area contributed by atoms with Gasteiger partial charge in [-0.1, -0.05) is 19.1 Å². The molecule has 0 bridgehead atoms. The van der Waals surface area contributed by atoms with E-state index < -0.39 is 0 Å². The van der Waals surface area contributed by atoms with Crippen LogP contribution in [0.25, 0.3) is 0 Å². The highest BCUT2D eigenvalue weighted by Gasteiger charge is 2.24. The quantitative estimate of drug-likeness (QED) is 0.808. The highest BCUT2D eigenvalue weighted by molar-refractivity contribution is 9.10. The molecule has 1 fully saturated rings. The monoisotopic (exact) mass is 326 g/mol. The van der Waals surface area contributed by atoms with E-state index in [1.807, 2.05) is 6.07 Å². The molecule has 4 heteroatoms. The molecule has 98 valence electrons. The van der Waals surface area contributed by atoms with Crippen molar-refractivity contribution in [1.29, 1.82) is 0 Å². The van der Waals surface area contributed by atoms with Gasteiger partial charge < -0.3 is 10.6 Å². The first-order valence-corrected chi connectivity index (χ1v) is 7.66. The molecule has 0 atom stereocenters. The number of rotatable bonds is 6. The van der Waals surface area contributed by atoms with Crippen LogP contribution in [0, 0.1) is 5.92 Å². The number of hydrogen-bond acceptors (Lipinski definition) is 2. The van der Waals surface area contributed by atoms with Gasteiger partial charge in [-0.15, -0.1) is 0 Å². The molecule has 1 aliphatic carbocycles. The molecule has 0 saturated heterocycles. The summed E-state index contributed by atoms with van der Waals surface area (Å²) in [6.45, 7) is 4.50. The number of benzene rings is 1. The minimum atomic E-state index is 0.442. The molecule has 0 spiro atoms. The van der Waals surface area contributed by atoms with Crippen LogP contribution >= 0.6 is 28.1 Å². The van der Waals surface area contributed by atoms with Crippen LogP contribution in [0.4, 0.5) is 5.69 Å². The molecule has 0 aliphatic heterocycles. The molecular weight excluding hydrogens is 308 g/mol. The van der Waals surface area contributed by atoms with Crippen molar-refractivity contribution in [1.82, 2.24) is 0 Å². The summed E-state index contributed by atoms with van der Waals surface area (Å²) in [5.41, 5.74) is 7.85. The Labute approximate surface area is 123 Å². The van der Waals surface area contributed by atoms with Gasteiger partial charge in [0.15, 0.2) is 0 Å². The number of halogens is 1. The maximum atomic E-state index is 5.68. The smallest absolute Gasteiger partial charge is 0.105 e. The molecule has 0 radical (unpaired) electrons. The van der Waals surface area contributed by atoms with Gasteiger partial charge in [0.05, 0.1) is 0 Å². The lowest BCUT2D eigenvalue weighted by atomic mass is 10.2. The Morgan fingerprint density at radius 2 is 2.22 bits per heavy atom. The van der Waals surface area contributed by atoms with E-state index >= 15 is 0 Å². The van der Waals surface area contributed by atoms with Crippen LogP contribution in [0.15, 0.2) is 22.7 Å². The van der Waals surface area contributed by atoms with Crippen LogP contribution in [0.3, 0.4) is 0 Å². The SMILES string of the molecule is CCCN(CC1CC1)c1ccc(C(N)=S)c(Br)c1. The molecule has 0 amide bonds. The minimum absolute atomic E-state index is 0.442. The van der Waals surface area contributed by atoms with Gasteiger partial charge in [0, 0.05) is 28.8 Å². The van der Waals surface area contributed by atoms with Crippen LogP contribution in [0.2, 0.25) is 0 Å². The van der Waals surface area contributed by atoms with E-state index in [2.05, 4.69) is 39.9 Å². The van der Waals surface area contributed by atoms with Crippen LogP contribution < -0.4 is 10.6 Å². The first-order valence-electron chi connectivity index (χ1n) is 6.46. The largest absolute Gasteiger partial charge is 0.389 e. The average Bonchev–Trinajstić information content (AvgIpc) is 3.11. The highest BCUT2D eigenvalue weighted by atomic mass is 79.9. The summed E-state index contributed by atoms with van der Waals surface area (Å²) in [6.07, 6.45) is 3.93. The molecule has 0 heterocycles. The summed E-state index contributed by atoms with van der Waals surface area (Å²) in [6, 6.07) is 6.27. The summed E-state index contributed by atoms with van der Waals surface area (Å²) in [5, 5.41) is 0. The van der Waals surface area contributed by atoms with Crippen LogP contribution in [-0.2, 0) is 0 Å². The molecular formula is C14H19BrN2S. The van der Waals surface area contributed by atoms with Crippen molar-refractivity contribution in [2.45, 2.75) is 26.2 Å². The van der Waals surface area contributed by atoms with Crippen LogP contribution in [0.5, 0.6) is 0 Å². The minimum Gasteiger partial charge on any atom is -0.389 e. The summed E-state index contributed by atoms with van der Waals surface area (Å²) in [7, 11) is 0. The second kappa shape index (κ2) is 6.02. The first-order chi connectivity index (χ1) is 8.61. The third kappa shape index (κ3) is 3.45. The average molecular weight is 327 g/mol. The molecule has 1 aromatic carbocycles. The predicted molar refractivity (Wildman–Crippen MR) is 85.3 cm³/mol. The zero-order chi connectivity index (χ0) is 13.1. The summed E-state index contributed by atoms with van der Waals surface area (Å²) < 4.78 is 0.990. The van der Waals surface area contributed by atoms with E-state index in [0.29, 0.717) is 4.99 Å². The van der Waals surface area contributed by atoms with Crippen LogP contribution in [-0.4, -0.2) is 18.1 Å². The van der Waals surface area contributed by atoms with E-state index in [9.17, 15) is 0 Å². The summed E-state index contributed by atoms with van der Waals surface area (Å²) in [5.74, 6) is 0.894. The standard InChI is InChI=1S/C14H19BrN2S/c1-2-7-17(9-10-3-4-10)11-5-6-12(14(16)18)13(15)8-11/h5-6,8,10H,2-4,7,9H2,1H3,(H2,16,18). The summed E-state index contributed by atoms with van der Waals surface area (Å²) >= 11 is 8.58. The maximum absolute atomic E-state index is 5.68. The van der Waals surface area contributed by atoms with E-state index in [1.165, 1.54) is 31.5 Å². The van der Waals surface area contributed by atoms with Gasteiger partial charge in [0.1, 0.15) is 4.99 Å². The van der Waals surface area contributed by atoms with Gasteiger partial charge in [-0.2, -0.15) is 0 Å². The number of hydrogen-bond donors (Lipinski definition) is 1. The topological polar surface area (TPSA) is 29.3 Å². The first kappa shape index (κ1) is 13.8. The van der Waals surface area contributed by atoms with Crippen LogP contribution in [0.1, 0.15) is 31.7 Å². The zero-order valence-corrected chi connectivity index (χ0v) is 13.1. The Morgan fingerprint density at radius 3 is 2.72 bits per heavy atom. The van der Waals surface area contributed by atoms with Gasteiger partial charge in [-0.25, -0.2) is 0 Å². The Hall–Kier alpha value is -0.610. The molecule has 1 aromatic rings. The van der Waals surface area contributed by atoms with Gasteiger partial charge in [0.2, 0.25) is 0 Å². The second-order valence-corrected chi connectivity index (χ2v) is 6.21. The molecule has 2 N–H and O–H groups in total. The fourth-order valence-corrected chi connectivity index (χ4v) is 3.00. The van der Waals surface area contributed by atoms with Crippen molar-refractivity contribution in [2.75, 3.05) is 18.0 Å². The normalized spacial score (nSPS) is 14.6. The van der Waals surface area contributed by atoms with Crippen molar-refractivity contribution in [2.24, 2.45) is 11.7 Å². The van der Waals surface area contributed by atoms with Crippen molar-refractivity contribution in [3.8, 4) is 0 Å². The lowest BCUT2D eigenvalue weighted by molar-refractivity contribution is 0.708. The molecule has 2 nitrogen and oxygen atoms in total. The van der Waals surface area contributed by atoms with Gasteiger partial charge >= 0.3 is 0 Å². The lowest BCUT2D eigenvalue weighted by Crippen LogP contribution is -2.26.